The Morgan fingerprint density at radius 3 is 3.10 bits per heavy atom. The molecule has 0 radical (unpaired) electrons. The summed E-state index contributed by atoms with van der Waals surface area (Å²) in [6, 6.07) is 7.43. The van der Waals surface area contributed by atoms with Gasteiger partial charge in [0.25, 0.3) is 5.91 Å². The number of aliphatic hydroxyl groups is 1. The summed E-state index contributed by atoms with van der Waals surface area (Å²) in [5.74, 6) is -0.211. The fourth-order valence-corrected chi connectivity index (χ4v) is 3.22. The first kappa shape index (κ1) is 13.2. The normalized spacial score (nSPS) is 20.7. The molecule has 0 saturated heterocycles. The molecule has 0 aliphatic heterocycles. The minimum atomic E-state index is -0.581. The van der Waals surface area contributed by atoms with Crippen molar-refractivity contribution in [2.75, 3.05) is 0 Å². The lowest BCUT2D eigenvalue weighted by atomic mass is 10.1. The standard InChI is InChI=1S/C14H15N3O2S/c1-2-10-13(20-17-16-10)14(19)15-12-9-6-4-3-5-8(9)7-11(12)18/h3-6,11-12,18H,2,7H2,1H3,(H,15,19). The summed E-state index contributed by atoms with van der Waals surface area (Å²) in [5.41, 5.74) is 2.78. The highest BCUT2D eigenvalue weighted by molar-refractivity contribution is 7.08. The van der Waals surface area contributed by atoms with Gasteiger partial charge in [-0.1, -0.05) is 35.7 Å². The van der Waals surface area contributed by atoms with Gasteiger partial charge >= 0.3 is 0 Å². The number of amides is 1. The van der Waals surface area contributed by atoms with Gasteiger partial charge in [-0.25, -0.2) is 0 Å². The van der Waals surface area contributed by atoms with Crippen LogP contribution < -0.4 is 5.32 Å². The monoisotopic (exact) mass is 289 g/mol. The number of hydrogen-bond donors (Lipinski definition) is 2. The van der Waals surface area contributed by atoms with Gasteiger partial charge in [-0.15, -0.1) is 5.10 Å². The zero-order valence-corrected chi connectivity index (χ0v) is 11.9. The Bertz CT molecular complexity index is 641. The van der Waals surface area contributed by atoms with Gasteiger partial charge in [0.15, 0.2) is 0 Å². The van der Waals surface area contributed by atoms with Crippen LogP contribution in [0, 0.1) is 0 Å². The first-order chi connectivity index (χ1) is 9.70. The first-order valence-electron chi connectivity index (χ1n) is 6.58. The van der Waals surface area contributed by atoms with Crippen LogP contribution in [-0.2, 0) is 12.8 Å². The first-order valence-corrected chi connectivity index (χ1v) is 7.36. The lowest BCUT2D eigenvalue weighted by molar-refractivity contribution is 0.0861. The Morgan fingerprint density at radius 1 is 1.50 bits per heavy atom. The van der Waals surface area contributed by atoms with E-state index in [2.05, 4.69) is 14.9 Å². The van der Waals surface area contributed by atoms with Crippen LogP contribution in [0.5, 0.6) is 0 Å². The van der Waals surface area contributed by atoms with Gasteiger partial charge in [-0.3, -0.25) is 4.79 Å². The van der Waals surface area contributed by atoms with Crippen LogP contribution in [-0.4, -0.2) is 26.7 Å². The number of carbonyl (C=O) groups excluding carboxylic acids is 1. The predicted molar refractivity (Wildman–Crippen MR) is 75.6 cm³/mol. The van der Waals surface area contributed by atoms with Crippen molar-refractivity contribution in [3.8, 4) is 0 Å². The van der Waals surface area contributed by atoms with Gasteiger partial charge < -0.3 is 10.4 Å². The maximum Gasteiger partial charge on any atom is 0.265 e. The summed E-state index contributed by atoms with van der Waals surface area (Å²) in [4.78, 5) is 12.8. The Balaban J connectivity index is 1.83. The zero-order valence-electron chi connectivity index (χ0n) is 11.0. The number of fused-ring (bicyclic) bond motifs is 1. The van der Waals surface area contributed by atoms with E-state index in [-0.39, 0.29) is 11.9 Å². The molecule has 2 aromatic rings. The number of hydrogen-bond acceptors (Lipinski definition) is 5. The molecule has 1 aromatic heterocycles. The van der Waals surface area contributed by atoms with Crippen molar-refractivity contribution < 1.29 is 9.90 Å². The van der Waals surface area contributed by atoms with E-state index >= 15 is 0 Å². The smallest absolute Gasteiger partial charge is 0.265 e. The molecule has 2 atom stereocenters. The number of aromatic nitrogens is 2. The van der Waals surface area contributed by atoms with Crippen LogP contribution in [0.25, 0.3) is 0 Å². The summed E-state index contributed by atoms with van der Waals surface area (Å²) in [6.07, 6.45) is 0.661. The van der Waals surface area contributed by atoms with Crippen LogP contribution in [0.4, 0.5) is 0 Å². The number of aryl methyl sites for hydroxylation is 1. The van der Waals surface area contributed by atoms with Crippen molar-refractivity contribution in [3.05, 3.63) is 46.0 Å². The lowest BCUT2D eigenvalue weighted by Gasteiger charge is -2.17. The molecule has 0 fully saturated rings. The average Bonchev–Trinajstić information content (AvgIpc) is 3.04. The number of benzene rings is 1. The average molecular weight is 289 g/mol. The van der Waals surface area contributed by atoms with Crippen molar-refractivity contribution in [2.45, 2.75) is 31.9 Å². The third-order valence-electron chi connectivity index (χ3n) is 3.59. The number of aliphatic hydroxyl groups excluding tert-OH is 1. The van der Waals surface area contributed by atoms with Gasteiger partial charge in [0.2, 0.25) is 0 Å². The van der Waals surface area contributed by atoms with Crippen LogP contribution in [0.2, 0.25) is 0 Å². The molecule has 3 rings (SSSR count). The largest absolute Gasteiger partial charge is 0.390 e. The number of nitrogens with zero attached hydrogens (tertiary/aromatic N) is 2. The molecule has 0 saturated carbocycles. The molecule has 5 nitrogen and oxygen atoms in total. The highest BCUT2D eigenvalue weighted by Crippen LogP contribution is 2.31. The zero-order chi connectivity index (χ0) is 14.1. The Labute approximate surface area is 120 Å². The molecule has 1 aliphatic rings. The predicted octanol–water partition coefficient (Wildman–Crippen LogP) is 1.49. The second-order valence-corrected chi connectivity index (χ2v) is 5.58. The summed E-state index contributed by atoms with van der Waals surface area (Å²) in [6.45, 7) is 1.94. The molecule has 1 heterocycles. The molecule has 2 N–H and O–H groups in total. The van der Waals surface area contributed by atoms with Crippen LogP contribution in [0.3, 0.4) is 0 Å². The van der Waals surface area contributed by atoms with E-state index in [4.69, 9.17) is 0 Å². The number of rotatable bonds is 3. The van der Waals surface area contributed by atoms with E-state index in [1.165, 1.54) is 0 Å². The topological polar surface area (TPSA) is 75.1 Å². The van der Waals surface area contributed by atoms with Crippen molar-refractivity contribution in [1.82, 2.24) is 14.9 Å². The van der Waals surface area contributed by atoms with Gasteiger partial charge in [0.05, 0.1) is 17.8 Å². The quantitative estimate of drug-likeness (QED) is 0.897. The van der Waals surface area contributed by atoms with Crippen LogP contribution in [0.15, 0.2) is 24.3 Å². The molecular formula is C14H15N3O2S. The van der Waals surface area contributed by atoms with Crippen molar-refractivity contribution in [3.63, 3.8) is 0 Å². The van der Waals surface area contributed by atoms with E-state index in [9.17, 15) is 9.90 Å². The summed E-state index contributed by atoms with van der Waals surface area (Å²) in [7, 11) is 0. The third kappa shape index (κ3) is 2.21. The molecule has 1 aliphatic carbocycles. The number of nitrogens with one attached hydrogen (secondary N) is 1. The van der Waals surface area contributed by atoms with E-state index in [1.807, 2.05) is 31.2 Å². The lowest BCUT2D eigenvalue weighted by Crippen LogP contribution is -2.33. The van der Waals surface area contributed by atoms with E-state index in [1.54, 1.807) is 0 Å². The minimum Gasteiger partial charge on any atom is -0.390 e. The molecule has 0 bridgehead atoms. The van der Waals surface area contributed by atoms with Crippen molar-refractivity contribution in [1.29, 1.82) is 0 Å². The fourth-order valence-electron chi connectivity index (χ4n) is 2.57. The van der Waals surface area contributed by atoms with Crippen molar-refractivity contribution in [2.24, 2.45) is 0 Å². The fraction of sp³-hybridized carbons (Fsp3) is 0.357. The summed E-state index contributed by atoms with van der Waals surface area (Å²) in [5, 5.41) is 17.0. The molecule has 6 heteroatoms. The van der Waals surface area contributed by atoms with Crippen molar-refractivity contribution >= 4 is 17.4 Å². The Morgan fingerprint density at radius 2 is 2.30 bits per heavy atom. The molecule has 1 aromatic carbocycles. The third-order valence-corrected chi connectivity index (χ3v) is 4.35. The van der Waals surface area contributed by atoms with E-state index < -0.39 is 6.10 Å². The van der Waals surface area contributed by atoms with Gasteiger partial charge in [0, 0.05) is 6.42 Å². The highest BCUT2D eigenvalue weighted by Gasteiger charge is 2.32. The van der Waals surface area contributed by atoms with Gasteiger partial charge in [-0.05, 0) is 29.1 Å². The molecule has 1 amide bonds. The summed E-state index contributed by atoms with van der Waals surface area (Å²) >= 11 is 1.09. The minimum absolute atomic E-state index is 0.211. The SMILES string of the molecule is CCc1nnsc1C(=O)NC1c2ccccc2CC1O. The maximum atomic E-state index is 12.3. The van der Waals surface area contributed by atoms with Gasteiger partial charge in [-0.2, -0.15) is 0 Å². The molecule has 0 spiro atoms. The second-order valence-electron chi connectivity index (χ2n) is 4.82. The molecule has 20 heavy (non-hydrogen) atoms. The number of carbonyl (C=O) groups is 1. The molecule has 2 unspecified atom stereocenters. The second kappa shape index (κ2) is 5.30. The maximum absolute atomic E-state index is 12.3. The van der Waals surface area contributed by atoms with E-state index in [0.29, 0.717) is 23.4 Å². The Kier molecular flexibility index (Phi) is 3.50. The Hall–Kier alpha value is -1.79. The molecule has 104 valence electrons. The van der Waals surface area contributed by atoms with Crippen LogP contribution in [0.1, 0.15) is 39.5 Å². The van der Waals surface area contributed by atoms with E-state index in [0.717, 1.165) is 22.7 Å². The molecular weight excluding hydrogens is 274 g/mol. The summed E-state index contributed by atoms with van der Waals surface area (Å²) < 4.78 is 3.82. The van der Waals surface area contributed by atoms with Crippen LogP contribution >= 0.6 is 11.5 Å². The highest BCUT2D eigenvalue weighted by atomic mass is 32.1. The van der Waals surface area contributed by atoms with Gasteiger partial charge in [0.1, 0.15) is 4.88 Å².